The molecule has 1 fully saturated rings. The maximum absolute atomic E-state index is 11.2. The van der Waals surface area contributed by atoms with Gasteiger partial charge in [0.2, 0.25) is 5.95 Å². The van der Waals surface area contributed by atoms with Crippen molar-refractivity contribution in [3.8, 4) is 0 Å². The normalized spacial score (nSPS) is 14.7. The van der Waals surface area contributed by atoms with Gasteiger partial charge in [-0.2, -0.15) is 5.10 Å². The first-order chi connectivity index (χ1) is 13.6. The Morgan fingerprint density at radius 3 is 2.79 bits per heavy atom. The smallest absolute Gasteiger partial charge is 0.270 e. The second-order valence-electron chi connectivity index (χ2n) is 6.45. The molecule has 1 aliphatic heterocycles. The zero-order chi connectivity index (χ0) is 19.5. The molecular formula is C19H20N6O3. The number of ether oxygens (including phenoxy) is 1. The number of morpholine rings is 1. The van der Waals surface area contributed by atoms with E-state index in [0.29, 0.717) is 24.7 Å². The molecule has 0 unspecified atom stereocenters. The topological polar surface area (TPSA) is 97.8 Å². The number of nitro benzene ring substituents is 1. The van der Waals surface area contributed by atoms with Crippen LogP contribution in [0, 0.1) is 10.1 Å². The molecule has 0 spiro atoms. The molecular weight excluding hydrogens is 360 g/mol. The van der Waals surface area contributed by atoms with Gasteiger partial charge in [-0.1, -0.05) is 12.1 Å². The number of benzene rings is 2. The summed E-state index contributed by atoms with van der Waals surface area (Å²) in [6.45, 7) is 2.73. The van der Waals surface area contributed by atoms with E-state index in [9.17, 15) is 10.1 Å². The molecule has 1 N–H and O–H groups in total. The first-order valence-electron chi connectivity index (χ1n) is 8.95. The van der Waals surface area contributed by atoms with E-state index in [0.717, 1.165) is 29.8 Å². The fourth-order valence-electron chi connectivity index (χ4n) is 3.26. The number of non-ortho nitro benzene ring substituents is 1. The van der Waals surface area contributed by atoms with Crippen molar-refractivity contribution in [1.29, 1.82) is 0 Å². The van der Waals surface area contributed by atoms with E-state index in [1.54, 1.807) is 12.3 Å². The van der Waals surface area contributed by atoms with E-state index in [1.165, 1.54) is 12.1 Å². The number of hydrogen-bond donors (Lipinski definition) is 1. The Morgan fingerprint density at radius 1 is 1.25 bits per heavy atom. The number of nitro groups is 1. The lowest BCUT2D eigenvalue weighted by molar-refractivity contribution is -0.384. The Balaban J connectivity index is 1.62. The molecule has 0 amide bonds. The number of fused-ring (bicyclic) bond motifs is 1. The third-order valence-electron chi connectivity index (χ3n) is 4.73. The van der Waals surface area contributed by atoms with Gasteiger partial charge in [0.15, 0.2) is 0 Å². The zero-order valence-corrected chi connectivity index (χ0v) is 15.4. The number of imidazole rings is 1. The predicted octanol–water partition coefficient (Wildman–Crippen LogP) is 2.76. The Bertz CT molecular complexity index is 1040. The Kier molecular flexibility index (Phi) is 4.90. The standard InChI is InChI=1S/C19H20N6O3/c1-23-18-5-3-2-4-16(18)21-19(23)22-20-13-14-12-15(25(26)27)6-7-17(14)24-8-10-28-11-9-24/h2-7,12-13H,8-11H2,1H3,(H,21,22)/b20-13+. The van der Waals surface area contributed by atoms with Crippen molar-refractivity contribution in [3.05, 3.63) is 58.1 Å². The van der Waals surface area contributed by atoms with Crippen LogP contribution in [-0.2, 0) is 11.8 Å². The maximum Gasteiger partial charge on any atom is 0.270 e. The summed E-state index contributed by atoms with van der Waals surface area (Å²) in [4.78, 5) is 17.4. The Hall–Kier alpha value is -3.46. The fourth-order valence-corrected chi connectivity index (χ4v) is 3.26. The molecule has 9 heteroatoms. The molecule has 28 heavy (non-hydrogen) atoms. The van der Waals surface area contributed by atoms with Gasteiger partial charge in [0.1, 0.15) is 0 Å². The molecule has 3 aromatic rings. The van der Waals surface area contributed by atoms with Crippen LogP contribution < -0.4 is 10.3 Å². The van der Waals surface area contributed by atoms with Crippen molar-refractivity contribution < 1.29 is 9.66 Å². The fraction of sp³-hybridized carbons (Fsp3) is 0.263. The molecule has 1 aromatic heterocycles. The molecule has 0 saturated carbocycles. The predicted molar refractivity (Wildman–Crippen MR) is 108 cm³/mol. The van der Waals surface area contributed by atoms with Gasteiger partial charge in [-0.25, -0.2) is 10.4 Å². The van der Waals surface area contributed by atoms with E-state index in [2.05, 4.69) is 20.4 Å². The van der Waals surface area contributed by atoms with E-state index in [4.69, 9.17) is 4.74 Å². The average molecular weight is 380 g/mol. The number of para-hydroxylation sites is 2. The van der Waals surface area contributed by atoms with E-state index in [-0.39, 0.29) is 5.69 Å². The van der Waals surface area contributed by atoms with Crippen LogP contribution in [0.1, 0.15) is 5.56 Å². The van der Waals surface area contributed by atoms with Crippen LogP contribution in [0.15, 0.2) is 47.6 Å². The zero-order valence-electron chi connectivity index (χ0n) is 15.4. The third-order valence-corrected chi connectivity index (χ3v) is 4.73. The number of aryl methyl sites for hydroxylation is 1. The Labute approximate surface area is 161 Å². The van der Waals surface area contributed by atoms with Crippen LogP contribution in [0.4, 0.5) is 17.3 Å². The van der Waals surface area contributed by atoms with Crippen molar-refractivity contribution in [2.45, 2.75) is 0 Å². The molecule has 0 atom stereocenters. The summed E-state index contributed by atoms with van der Waals surface area (Å²) in [5.74, 6) is 0.593. The number of aromatic nitrogens is 2. The number of hydrogen-bond acceptors (Lipinski definition) is 7. The highest BCUT2D eigenvalue weighted by atomic mass is 16.6. The summed E-state index contributed by atoms with van der Waals surface area (Å²) < 4.78 is 7.30. The monoisotopic (exact) mass is 380 g/mol. The highest BCUT2D eigenvalue weighted by Crippen LogP contribution is 2.25. The van der Waals surface area contributed by atoms with Crippen LogP contribution in [0.2, 0.25) is 0 Å². The van der Waals surface area contributed by atoms with Gasteiger partial charge < -0.3 is 14.2 Å². The van der Waals surface area contributed by atoms with Crippen LogP contribution >= 0.6 is 0 Å². The minimum Gasteiger partial charge on any atom is -0.378 e. The summed E-state index contributed by atoms with van der Waals surface area (Å²) in [5.41, 5.74) is 6.39. The SMILES string of the molecule is Cn1c(N/N=C/c2cc([N+](=O)[O-])ccc2N2CCOCC2)nc2ccccc21. The van der Waals surface area contributed by atoms with Crippen molar-refractivity contribution >= 4 is 34.6 Å². The van der Waals surface area contributed by atoms with Gasteiger partial charge in [0.05, 0.1) is 35.4 Å². The number of nitrogens with zero attached hydrogens (tertiary/aromatic N) is 5. The van der Waals surface area contributed by atoms with Crippen LogP contribution in [0.5, 0.6) is 0 Å². The first kappa shape index (κ1) is 17.9. The molecule has 4 rings (SSSR count). The van der Waals surface area contributed by atoms with Gasteiger partial charge in [0.25, 0.3) is 5.69 Å². The molecule has 1 aliphatic rings. The van der Waals surface area contributed by atoms with Crippen molar-refractivity contribution in [2.24, 2.45) is 12.1 Å². The third kappa shape index (κ3) is 3.52. The van der Waals surface area contributed by atoms with E-state index < -0.39 is 4.92 Å². The lowest BCUT2D eigenvalue weighted by atomic mass is 10.1. The summed E-state index contributed by atoms with van der Waals surface area (Å²) >= 11 is 0. The molecule has 0 bridgehead atoms. The van der Waals surface area contributed by atoms with Gasteiger partial charge in [-0.05, 0) is 18.2 Å². The van der Waals surface area contributed by atoms with Crippen LogP contribution in [-0.4, -0.2) is 47.0 Å². The summed E-state index contributed by atoms with van der Waals surface area (Å²) in [6, 6.07) is 12.6. The summed E-state index contributed by atoms with van der Waals surface area (Å²) in [6.07, 6.45) is 1.59. The first-order valence-corrected chi connectivity index (χ1v) is 8.95. The summed E-state index contributed by atoms with van der Waals surface area (Å²) in [7, 11) is 1.90. The summed E-state index contributed by atoms with van der Waals surface area (Å²) in [5, 5.41) is 15.5. The van der Waals surface area contributed by atoms with E-state index in [1.807, 2.05) is 35.9 Å². The minimum absolute atomic E-state index is 0.0289. The molecule has 1 saturated heterocycles. The molecule has 2 heterocycles. The molecule has 0 aliphatic carbocycles. The molecule has 9 nitrogen and oxygen atoms in total. The van der Waals surface area contributed by atoms with Crippen LogP contribution in [0.25, 0.3) is 11.0 Å². The van der Waals surface area contributed by atoms with Crippen molar-refractivity contribution in [3.63, 3.8) is 0 Å². The maximum atomic E-state index is 11.2. The van der Waals surface area contributed by atoms with Crippen LogP contribution in [0.3, 0.4) is 0 Å². The quantitative estimate of drug-likeness (QED) is 0.415. The largest absolute Gasteiger partial charge is 0.378 e. The molecule has 0 radical (unpaired) electrons. The Morgan fingerprint density at radius 2 is 2.04 bits per heavy atom. The number of anilines is 2. The minimum atomic E-state index is -0.403. The lowest BCUT2D eigenvalue weighted by Gasteiger charge is -2.29. The van der Waals surface area contributed by atoms with Crippen molar-refractivity contribution in [2.75, 3.05) is 36.6 Å². The average Bonchev–Trinajstić information content (AvgIpc) is 3.04. The highest BCUT2D eigenvalue weighted by molar-refractivity contribution is 5.89. The highest BCUT2D eigenvalue weighted by Gasteiger charge is 2.17. The van der Waals surface area contributed by atoms with Gasteiger partial charge in [-0.3, -0.25) is 10.1 Å². The number of nitrogens with one attached hydrogen (secondary N) is 1. The van der Waals surface area contributed by atoms with E-state index >= 15 is 0 Å². The molecule has 144 valence electrons. The number of hydrazone groups is 1. The van der Waals surface area contributed by atoms with Crippen molar-refractivity contribution in [1.82, 2.24) is 9.55 Å². The lowest BCUT2D eigenvalue weighted by Crippen LogP contribution is -2.36. The number of rotatable bonds is 5. The second-order valence-corrected chi connectivity index (χ2v) is 6.45. The van der Waals surface area contributed by atoms with Gasteiger partial charge >= 0.3 is 0 Å². The molecule has 2 aromatic carbocycles. The van der Waals surface area contributed by atoms with Gasteiger partial charge in [0, 0.05) is 43.5 Å². The van der Waals surface area contributed by atoms with Gasteiger partial charge in [-0.15, -0.1) is 0 Å². The second kappa shape index (κ2) is 7.65.